The van der Waals surface area contributed by atoms with Crippen LogP contribution in [0.4, 0.5) is 0 Å². The summed E-state index contributed by atoms with van der Waals surface area (Å²) in [6, 6.07) is 9.44. The first-order valence-electron chi connectivity index (χ1n) is 6.59. The van der Waals surface area contributed by atoms with Gasteiger partial charge in [0.2, 0.25) is 0 Å². The standard InChI is InChI=1S/C15H23NS/c1-4-16-14(15(3)9-6-10-17-15)13-8-5-7-12(2)11-13/h5,7-8,11,14,16H,4,6,9-10H2,1-3H3. The molecular weight excluding hydrogens is 226 g/mol. The van der Waals surface area contributed by atoms with Gasteiger partial charge in [-0.1, -0.05) is 36.8 Å². The molecule has 1 N–H and O–H groups in total. The molecule has 0 amide bonds. The van der Waals surface area contributed by atoms with Gasteiger partial charge in [0.1, 0.15) is 0 Å². The number of thioether (sulfide) groups is 1. The Morgan fingerprint density at radius 1 is 1.47 bits per heavy atom. The quantitative estimate of drug-likeness (QED) is 0.867. The van der Waals surface area contributed by atoms with Gasteiger partial charge in [-0.2, -0.15) is 11.8 Å². The lowest BCUT2D eigenvalue weighted by Crippen LogP contribution is -2.37. The Morgan fingerprint density at radius 2 is 2.29 bits per heavy atom. The number of aryl methyl sites for hydroxylation is 1. The van der Waals surface area contributed by atoms with Crippen LogP contribution in [0.15, 0.2) is 24.3 Å². The molecule has 0 aromatic heterocycles. The average molecular weight is 249 g/mol. The Hall–Kier alpha value is -0.470. The predicted octanol–water partition coefficient (Wildman–Crippen LogP) is 3.93. The van der Waals surface area contributed by atoms with Gasteiger partial charge in [0.05, 0.1) is 0 Å². The van der Waals surface area contributed by atoms with Gasteiger partial charge in [-0.05, 0) is 44.6 Å². The van der Waals surface area contributed by atoms with E-state index in [9.17, 15) is 0 Å². The zero-order chi connectivity index (χ0) is 12.3. The fraction of sp³-hybridized carbons (Fsp3) is 0.600. The largest absolute Gasteiger partial charge is 0.309 e. The maximum atomic E-state index is 3.69. The monoisotopic (exact) mass is 249 g/mol. The Kier molecular flexibility index (Phi) is 4.16. The molecule has 1 aliphatic heterocycles. The van der Waals surface area contributed by atoms with Gasteiger partial charge in [-0.25, -0.2) is 0 Å². The third-order valence-corrected chi connectivity index (χ3v) is 5.24. The van der Waals surface area contributed by atoms with E-state index < -0.39 is 0 Å². The lowest BCUT2D eigenvalue weighted by molar-refractivity contribution is 0.421. The number of benzene rings is 1. The highest BCUT2D eigenvalue weighted by molar-refractivity contribution is 8.00. The second-order valence-corrected chi connectivity index (χ2v) is 6.80. The second kappa shape index (κ2) is 5.45. The minimum Gasteiger partial charge on any atom is -0.309 e. The first-order chi connectivity index (χ1) is 8.15. The molecule has 2 atom stereocenters. The van der Waals surface area contributed by atoms with E-state index in [4.69, 9.17) is 0 Å². The van der Waals surface area contributed by atoms with Gasteiger partial charge in [0, 0.05) is 10.8 Å². The highest BCUT2D eigenvalue weighted by Crippen LogP contribution is 2.46. The third kappa shape index (κ3) is 2.86. The van der Waals surface area contributed by atoms with Crippen molar-refractivity contribution in [2.75, 3.05) is 12.3 Å². The fourth-order valence-electron chi connectivity index (χ4n) is 2.77. The third-order valence-electron chi connectivity index (χ3n) is 3.64. The zero-order valence-corrected chi connectivity index (χ0v) is 11.9. The zero-order valence-electron chi connectivity index (χ0n) is 11.1. The van der Waals surface area contributed by atoms with Gasteiger partial charge in [0.15, 0.2) is 0 Å². The van der Waals surface area contributed by atoms with Crippen molar-refractivity contribution in [3.63, 3.8) is 0 Å². The lowest BCUT2D eigenvalue weighted by atomic mass is 9.89. The molecule has 1 heterocycles. The van der Waals surface area contributed by atoms with E-state index in [0.29, 0.717) is 10.8 Å². The van der Waals surface area contributed by atoms with Crippen molar-refractivity contribution in [2.45, 2.75) is 44.4 Å². The smallest absolute Gasteiger partial charge is 0.0466 e. The molecule has 2 unspecified atom stereocenters. The van der Waals surface area contributed by atoms with Crippen LogP contribution in [0.5, 0.6) is 0 Å². The van der Waals surface area contributed by atoms with Gasteiger partial charge in [-0.3, -0.25) is 0 Å². The highest BCUT2D eigenvalue weighted by Gasteiger charge is 2.38. The molecule has 1 fully saturated rings. The van der Waals surface area contributed by atoms with Crippen LogP contribution in [0.25, 0.3) is 0 Å². The molecule has 1 aromatic rings. The SMILES string of the molecule is CCNC(c1cccc(C)c1)C1(C)CCCS1. The summed E-state index contributed by atoms with van der Waals surface area (Å²) >= 11 is 2.13. The molecule has 2 rings (SSSR count). The molecule has 0 spiro atoms. The van der Waals surface area contributed by atoms with Gasteiger partial charge < -0.3 is 5.32 Å². The summed E-state index contributed by atoms with van der Waals surface area (Å²) in [5.74, 6) is 1.31. The van der Waals surface area contributed by atoms with E-state index in [1.807, 2.05) is 0 Å². The molecular formula is C15H23NS. The maximum Gasteiger partial charge on any atom is 0.0466 e. The number of hydrogen-bond donors (Lipinski definition) is 1. The maximum absolute atomic E-state index is 3.69. The Labute approximate surface area is 109 Å². The Balaban J connectivity index is 2.28. The van der Waals surface area contributed by atoms with E-state index in [1.54, 1.807) is 0 Å². The van der Waals surface area contributed by atoms with Crippen molar-refractivity contribution in [3.05, 3.63) is 35.4 Å². The van der Waals surface area contributed by atoms with Crippen LogP contribution < -0.4 is 5.32 Å². The van der Waals surface area contributed by atoms with Crippen LogP contribution in [-0.4, -0.2) is 17.0 Å². The second-order valence-electron chi connectivity index (χ2n) is 5.17. The minimum absolute atomic E-state index is 0.365. The topological polar surface area (TPSA) is 12.0 Å². The van der Waals surface area contributed by atoms with Crippen LogP contribution in [0.2, 0.25) is 0 Å². The van der Waals surface area contributed by atoms with E-state index in [2.05, 4.69) is 62.1 Å². The number of hydrogen-bond acceptors (Lipinski definition) is 2. The molecule has 1 saturated heterocycles. The summed E-state index contributed by atoms with van der Waals surface area (Å²) in [6.07, 6.45) is 2.68. The van der Waals surface area contributed by atoms with Crippen molar-refractivity contribution < 1.29 is 0 Å². The summed E-state index contributed by atoms with van der Waals surface area (Å²) in [7, 11) is 0. The highest BCUT2D eigenvalue weighted by atomic mass is 32.2. The molecule has 0 bridgehead atoms. The fourth-order valence-corrected chi connectivity index (χ4v) is 4.20. The molecule has 17 heavy (non-hydrogen) atoms. The molecule has 2 heteroatoms. The van der Waals surface area contributed by atoms with Crippen LogP contribution in [-0.2, 0) is 0 Å². The van der Waals surface area contributed by atoms with Crippen LogP contribution >= 0.6 is 11.8 Å². The Morgan fingerprint density at radius 3 is 2.88 bits per heavy atom. The van der Waals surface area contributed by atoms with Crippen molar-refractivity contribution in [1.29, 1.82) is 0 Å². The predicted molar refractivity (Wildman–Crippen MR) is 77.7 cm³/mol. The van der Waals surface area contributed by atoms with Crippen molar-refractivity contribution in [2.24, 2.45) is 0 Å². The molecule has 1 aromatic carbocycles. The van der Waals surface area contributed by atoms with Crippen molar-refractivity contribution in [3.8, 4) is 0 Å². The molecule has 1 nitrogen and oxygen atoms in total. The summed E-state index contributed by atoms with van der Waals surface area (Å²) < 4.78 is 0.365. The molecule has 0 saturated carbocycles. The summed E-state index contributed by atoms with van der Waals surface area (Å²) in [4.78, 5) is 0. The molecule has 94 valence electrons. The van der Waals surface area contributed by atoms with Crippen LogP contribution in [0, 0.1) is 6.92 Å². The lowest BCUT2D eigenvalue weighted by Gasteiger charge is -2.34. The number of rotatable bonds is 4. The van der Waals surface area contributed by atoms with Gasteiger partial charge >= 0.3 is 0 Å². The Bertz CT molecular complexity index is 369. The van der Waals surface area contributed by atoms with Crippen molar-refractivity contribution >= 4 is 11.8 Å². The van der Waals surface area contributed by atoms with Crippen LogP contribution in [0.1, 0.15) is 43.9 Å². The van der Waals surface area contributed by atoms with Gasteiger partial charge in [-0.15, -0.1) is 0 Å². The van der Waals surface area contributed by atoms with E-state index in [1.165, 1.54) is 29.7 Å². The summed E-state index contributed by atoms with van der Waals surface area (Å²) in [5.41, 5.74) is 2.81. The molecule has 0 radical (unpaired) electrons. The first-order valence-corrected chi connectivity index (χ1v) is 7.58. The van der Waals surface area contributed by atoms with E-state index >= 15 is 0 Å². The molecule has 0 aliphatic carbocycles. The van der Waals surface area contributed by atoms with E-state index in [-0.39, 0.29) is 0 Å². The van der Waals surface area contributed by atoms with E-state index in [0.717, 1.165) is 6.54 Å². The summed E-state index contributed by atoms with van der Waals surface area (Å²) in [6.45, 7) is 7.83. The average Bonchev–Trinajstić information content (AvgIpc) is 2.74. The van der Waals surface area contributed by atoms with Gasteiger partial charge in [0.25, 0.3) is 0 Å². The van der Waals surface area contributed by atoms with Crippen molar-refractivity contribution in [1.82, 2.24) is 5.32 Å². The molecule has 1 aliphatic rings. The summed E-state index contributed by atoms with van der Waals surface area (Å²) in [5, 5.41) is 3.69. The van der Waals surface area contributed by atoms with Crippen LogP contribution in [0.3, 0.4) is 0 Å². The number of nitrogens with one attached hydrogen (secondary N) is 1. The normalized spacial score (nSPS) is 26.1. The first kappa shape index (κ1) is 13.0. The minimum atomic E-state index is 0.365.